The molecule has 0 aliphatic carbocycles. The number of anilines is 2. The molecular formula is C23H28Cl3FN8O2. The predicted octanol–water partition coefficient (Wildman–Crippen LogP) is 3.12. The average molecular weight is 574 g/mol. The zero-order valence-corrected chi connectivity index (χ0v) is 22.7. The normalized spacial score (nSPS) is 19.2. The SMILES string of the molecule is CC[C@H]1CN(c2nc(N)c(C(=O)NC)nc2Cl)CCN1C1CCN(C(=O)c2cc(F)c(Cl)nc2Cl)CC1. The van der Waals surface area contributed by atoms with Crippen LogP contribution in [0.2, 0.25) is 15.5 Å². The predicted molar refractivity (Wildman–Crippen MR) is 141 cm³/mol. The Labute approximate surface area is 229 Å². The van der Waals surface area contributed by atoms with Crippen LogP contribution in [0.1, 0.15) is 47.0 Å². The van der Waals surface area contributed by atoms with Crippen LogP contribution in [0.25, 0.3) is 0 Å². The molecule has 2 aromatic rings. The quantitative estimate of drug-likeness (QED) is 0.524. The summed E-state index contributed by atoms with van der Waals surface area (Å²) in [5.41, 5.74) is 6.00. The van der Waals surface area contributed by atoms with E-state index in [-0.39, 0.29) is 50.5 Å². The minimum absolute atomic E-state index is 0.00152. The molecule has 0 bridgehead atoms. The summed E-state index contributed by atoms with van der Waals surface area (Å²) >= 11 is 18.1. The first-order valence-electron chi connectivity index (χ1n) is 12.0. The third kappa shape index (κ3) is 5.69. The highest BCUT2D eigenvalue weighted by atomic mass is 35.5. The number of nitrogens with one attached hydrogen (secondary N) is 1. The fourth-order valence-electron chi connectivity index (χ4n) is 4.98. The van der Waals surface area contributed by atoms with Gasteiger partial charge in [-0.05, 0) is 25.3 Å². The van der Waals surface area contributed by atoms with Gasteiger partial charge in [-0.3, -0.25) is 14.5 Å². The number of nitrogen functional groups attached to an aromatic ring is 1. The number of amides is 2. The molecule has 37 heavy (non-hydrogen) atoms. The van der Waals surface area contributed by atoms with Gasteiger partial charge in [0.1, 0.15) is 5.15 Å². The molecule has 3 N–H and O–H groups in total. The van der Waals surface area contributed by atoms with Gasteiger partial charge in [-0.25, -0.2) is 19.3 Å². The van der Waals surface area contributed by atoms with E-state index in [1.807, 2.05) is 4.90 Å². The molecule has 10 nitrogen and oxygen atoms in total. The molecule has 4 rings (SSSR count). The minimum atomic E-state index is -0.775. The van der Waals surface area contributed by atoms with Gasteiger partial charge in [0.15, 0.2) is 33.5 Å². The van der Waals surface area contributed by atoms with Gasteiger partial charge in [-0.15, -0.1) is 0 Å². The lowest BCUT2D eigenvalue weighted by atomic mass is 9.97. The van der Waals surface area contributed by atoms with Crippen LogP contribution in [0.15, 0.2) is 6.07 Å². The Morgan fingerprint density at radius 2 is 1.78 bits per heavy atom. The van der Waals surface area contributed by atoms with Crippen molar-refractivity contribution in [3.8, 4) is 0 Å². The van der Waals surface area contributed by atoms with E-state index >= 15 is 0 Å². The van der Waals surface area contributed by atoms with Crippen LogP contribution in [0.4, 0.5) is 16.0 Å². The van der Waals surface area contributed by atoms with Crippen LogP contribution in [-0.4, -0.2) is 88.4 Å². The van der Waals surface area contributed by atoms with Gasteiger partial charge in [-0.2, -0.15) is 0 Å². The Balaban J connectivity index is 1.40. The standard InChI is InChI=1S/C23H28Cl3FN8O2/c1-3-12-11-34(21-19(26)30-16(20(28)32-21)22(36)29-2)8-9-35(12)13-4-6-33(7-5-13)23(37)14-10-15(27)18(25)31-17(14)24/h10,12-13H,3-9,11H2,1-2H3,(H2,28,32)(H,29,36)/t12-/m0/s1. The van der Waals surface area contributed by atoms with Crippen molar-refractivity contribution in [2.75, 3.05) is 50.4 Å². The first-order valence-corrected chi connectivity index (χ1v) is 13.1. The number of pyridine rings is 1. The Morgan fingerprint density at radius 3 is 2.43 bits per heavy atom. The highest BCUT2D eigenvalue weighted by molar-refractivity contribution is 6.34. The lowest BCUT2D eigenvalue weighted by molar-refractivity contribution is 0.0490. The smallest absolute Gasteiger partial charge is 0.273 e. The molecule has 2 saturated heterocycles. The third-order valence-electron chi connectivity index (χ3n) is 6.94. The second-order valence-electron chi connectivity index (χ2n) is 9.02. The van der Waals surface area contributed by atoms with E-state index < -0.39 is 11.7 Å². The van der Waals surface area contributed by atoms with Crippen molar-refractivity contribution in [1.29, 1.82) is 0 Å². The molecule has 200 valence electrons. The van der Waals surface area contributed by atoms with E-state index in [9.17, 15) is 14.0 Å². The van der Waals surface area contributed by atoms with E-state index in [4.69, 9.17) is 40.5 Å². The van der Waals surface area contributed by atoms with E-state index in [1.54, 1.807) is 4.90 Å². The van der Waals surface area contributed by atoms with Gasteiger partial charge in [0, 0.05) is 51.9 Å². The maximum atomic E-state index is 13.9. The number of carbonyl (C=O) groups is 2. The summed E-state index contributed by atoms with van der Waals surface area (Å²) in [6, 6.07) is 1.55. The van der Waals surface area contributed by atoms with Crippen molar-refractivity contribution in [2.45, 2.75) is 38.3 Å². The Hall–Kier alpha value is -2.47. The number of hydrogen-bond acceptors (Lipinski definition) is 8. The number of nitrogens with two attached hydrogens (primary N) is 1. The number of hydrogen-bond donors (Lipinski definition) is 2. The maximum absolute atomic E-state index is 13.9. The summed E-state index contributed by atoms with van der Waals surface area (Å²) < 4.78 is 13.9. The van der Waals surface area contributed by atoms with Crippen LogP contribution >= 0.6 is 34.8 Å². The van der Waals surface area contributed by atoms with Gasteiger partial charge in [0.25, 0.3) is 11.8 Å². The molecule has 14 heteroatoms. The van der Waals surface area contributed by atoms with Gasteiger partial charge < -0.3 is 20.9 Å². The number of piperidine rings is 1. The highest BCUT2D eigenvalue weighted by Gasteiger charge is 2.35. The van der Waals surface area contributed by atoms with E-state index in [1.165, 1.54) is 7.05 Å². The van der Waals surface area contributed by atoms with Crippen molar-refractivity contribution in [1.82, 2.24) is 30.1 Å². The molecule has 2 aromatic heterocycles. The minimum Gasteiger partial charge on any atom is -0.382 e. The molecule has 0 saturated carbocycles. The number of likely N-dealkylation sites (tertiary alicyclic amines) is 1. The van der Waals surface area contributed by atoms with Crippen LogP contribution in [0, 0.1) is 5.82 Å². The Bertz CT molecular complexity index is 1200. The number of nitrogens with zero attached hydrogens (tertiary/aromatic N) is 6. The van der Waals surface area contributed by atoms with Crippen molar-refractivity contribution in [2.24, 2.45) is 0 Å². The summed E-state index contributed by atoms with van der Waals surface area (Å²) in [6.45, 7) is 5.28. The van der Waals surface area contributed by atoms with Crippen molar-refractivity contribution >= 4 is 58.3 Å². The molecule has 2 aliphatic heterocycles. The number of rotatable bonds is 5. The van der Waals surface area contributed by atoms with Crippen LogP contribution in [0.5, 0.6) is 0 Å². The van der Waals surface area contributed by atoms with Crippen LogP contribution < -0.4 is 16.0 Å². The van der Waals surface area contributed by atoms with Gasteiger partial charge in [0.05, 0.1) is 5.56 Å². The molecule has 4 heterocycles. The summed E-state index contributed by atoms with van der Waals surface area (Å²) in [5, 5.41) is 2.15. The van der Waals surface area contributed by atoms with Crippen LogP contribution in [0.3, 0.4) is 0 Å². The van der Waals surface area contributed by atoms with Gasteiger partial charge >= 0.3 is 0 Å². The zero-order valence-electron chi connectivity index (χ0n) is 20.5. The Morgan fingerprint density at radius 1 is 1.08 bits per heavy atom. The van der Waals surface area contributed by atoms with E-state index in [0.29, 0.717) is 32.0 Å². The average Bonchev–Trinajstić information content (AvgIpc) is 2.90. The van der Waals surface area contributed by atoms with E-state index in [0.717, 1.165) is 31.9 Å². The van der Waals surface area contributed by atoms with Crippen LogP contribution in [-0.2, 0) is 0 Å². The molecule has 2 fully saturated rings. The number of piperazine rings is 1. The van der Waals surface area contributed by atoms with Crippen molar-refractivity contribution in [3.05, 3.63) is 38.6 Å². The Kier molecular flexibility index (Phi) is 8.57. The lowest BCUT2D eigenvalue weighted by Gasteiger charge is -2.47. The lowest BCUT2D eigenvalue weighted by Crippen LogP contribution is -2.58. The molecule has 1 atom stereocenters. The van der Waals surface area contributed by atoms with E-state index in [2.05, 4.69) is 32.1 Å². The largest absolute Gasteiger partial charge is 0.382 e. The third-order valence-corrected chi connectivity index (χ3v) is 7.75. The van der Waals surface area contributed by atoms with Gasteiger partial charge in [0.2, 0.25) is 0 Å². The molecule has 2 aliphatic rings. The topological polar surface area (TPSA) is 121 Å². The molecule has 0 radical (unpaired) electrons. The van der Waals surface area contributed by atoms with Gasteiger partial charge in [-0.1, -0.05) is 41.7 Å². The summed E-state index contributed by atoms with van der Waals surface area (Å²) in [7, 11) is 1.49. The molecule has 0 spiro atoms. The second-order valence-corrected chi connectivity index (χ2v) is 10.1. The summed E-state index contributed by atoms with van der Waals surface area (Å²) in [6.07, 6.45) is 2.45. The fourth-order valence-corrected chi connectivity index (χ4v) is 5.63. The fraction of sp³-hybridized carbons (Fsp3) is 0.522. The monoisotopic (exact) mass is 572 g/mol. The second kappa shape index (κ2) is 11.5. The summed E-state index contributed by atoms with van der Waals surface area (Å²) in [4.78, 5) is 43.4. The van der Waals surface area contributed by atoms with Crippen molar-refractivity contribution < 1.29 is 14.0 Å². The zero-order chi connectivity index (χ0) is 26.9. The number of aromatic nitrogens is 3. The number of halogens is 4. The molecule has 2 amide bonds. The molecule has 0 aromatic carbocycles. The first-order chi connectivity index (χ1) is 17.6. The summed E-state index contributed by atoms with van der Waals surface area (Å²) in [5.74, 6) is -1.08. The maximum Gasteiger partial charge on any atom is 0.273 e. The number of carbonyl (C=O) groups excluding carboxylic acids is 2. The van der Waals surface area contributed by atoms with Crippen molar-refractivity contribution in [3.63, 3.8) is 0 Å². The molecule has 0 unspecified atom stereocenters. The first kappa shape index (κ1) is 27.6. The highest BCUT2D eigenvalue weighted by Crippen LogP contribution is 2.30. The molecular weight excluding hydrogens is 546 g/mol.